The third kappa shape index (κ3) is 4.23. The van der Waals surface area contributed by atoms with Gasteiger partial charge in [0.05, 0.1) is 18.9 Å². The van der Waals surface area contributed by atoms with E-state index in [1.807, 2.05) is 24.3 Å². The van der Waals surface area contributed by atoms with Crippen LogP contribution in [0, 0.1) is 0 Å². The number of ether oxygens (including phenoxy) is 2. The number of hydrogen-bond acceptors (Lipinski definition) is 4. The van der Waals surface area contributed by atoms with Gasteiger partial charge in [-0.3, -0.25) is 0 Å². The Bertz CT molecular complexity index is 911. The lowest BCUT2D eigenvalue weighted by Crippen LogP contribution is -2.09. The molecule has 0 spiro atoms. The molecule has 0 aliphatic carbocycles. The third-order valence-electron chi connectivity index (χ3n) is 3.75. The molecule has 1 heterocycles. The van der Waals surface area contributed by atoms with E-state index in [0.29, 0.717) is 22.2 Å². The fourth-order valence-corrected chi connectivity index (χ4v) is 2.96. The van der Waals surface area contributed by atoms with Gasteiger partial charge in [0.25, 0.3) is 0 Å². The second-order valence-corrected chi connectivity index (χ2v) is 6.42. The Morgan fingerprint density at radius 1 is 1.12 bits per heavy atom. The lowest BCUT2D eigenvalue weighted by molar-refractivity contribution is 0.0734. The Morgan fingerprint density at radius 3 is 2.50 bits per heavy atom. The average Bonchev–Trinajstić information content (AvgIpc) is 2.69. The van der Waals surface area contributed by atoms with Gasteiger partial charge >= 0.3 is 5.97 Å². The van der Waals surface area contributed by atoms with Gasteiger partial charge in [-0.25, -0.2) is 9.78 Å². The zero-order valence-corrected chi connectivity index (χ0v) is 16.3. The summed E-state index contributed by atoms with van der Waals surface area (Å²) in [5.41, 5.74) is 3.27. The second-order valence-electron chi connectivity index (χ2n) is 5.45. The highest BCUT2D eigenvalue weighted by Gasteiger charge is 2.13. The summed E-state index contributed by atoms with van der Waals surface area (Å²) in [5.74, 6) is 0.312. The fourth-order valence-electron chi connectivity index (χ4n) is 2.36. The maximum atomic E-state index is 12.4. The van der Waals surface area contributed by atoms with Crippen molar-refractivity contribution in [1.82, 2.24) is 4.98 Å². The summed E-state index contributed by atoms with van der Waals surface area (Å²) in [7, 11) is 1.52. The largest absolute Gasteiger partial charge is 0.481 e. The van der Waals surface area contributed by atoms with Crippen LogP contribution < -0.4 is 9.47 Å². The van der Waals surface area contributed by atoms with Crippen LogP contribution in [0.1, 0.15) is 15.9 Å². The quantitative estimate of drug-likeness (QED) is 0.393. The molecule has 0 atom stereocenters. The van der Waals surface area contributed by atoms with E-state index >= 15 is 0 Å². The van der Waals surface area contributed by atoms with Gasteiger partial charge < -0.3 is 9.47 Å². The van der Waals surface area contributed by atoms with E-state index < -0.39 is 5.97 Å². The number of carbonyl (C=O) groups is 1. The lowest BCUT2D eigenvalue weighted by atomic mass is 10.0. The van der Waals surface area contributed by atoms with Crippen LogP contribution in [0.3, 0.4) is 0 Å². The Balaban J connectivity index is 1.84. The van der Waals surface area contributed by atoms with E-state index in [0.717, 1.165) is 22.0 Å². The number of alkyl halides is 1. The summed E-state index contributed by atoms with van der Waals surface area (Å²) in [6, 6.07) is 16.3. The molecular formula is C20H15BrClNO3. The second kappa shape index (κ2) is 8.34. The molecule has 0 radical (unpaired) electrons. The molecule has 0 bridgehead atoms. The first-order valence-electron chi connectivity index (χ1n) is 7.78. The molecule has 6 heteroatoms. The monoisotopic (exact) mass is 431 g/mol. The minimum Gasteiger partial charge on any atom is -0.481 e. The van der Waals surface area contributed by atoms with Gasteiger partial charge in [-0.05, 0) is 35.4 Å². The molecule has 4 nitrogen and oxygen atoms in total. The van der Waals surface area contributed by atoms with Crippen molar-refractivity contribution in [2.24, 2.45) is 0 Å². The van der Waals surface area contributed by atoms with Gasteiger partial charge in [-0.1, -0.05) is 51.8 Å². The van der Waals surface area contributed by atoms with Crippen LogP contribution in [-0.2, 0) is 5.33 Å². The number of nitrogens with zero attached hydrogens (tertiary/aromatic N) is 1. The fraction of sp³-hybridized carbons (Fsp3) is 0.100. The smallest absolute Gasteiger partial charge is 0.343 e. The van der Waals surface area contributed by atoms with E-state index in [1.165, 1.54) is 13.3 Å². The van der Waals surface area contributed by atoms with Crippen LogP contribution in [0.25, 0.3) is 11.1 Å². The van der Waals surface area contributed by atoms with Crippen molar-refractivity contribution in [2.45, 2.75) is 5.33 Å². The third-order valence-corrected chi connectivity index (χ3v) is 4.73. The molecule has 0 unspecified atom stereocenters. The van der Waals surface area contributed by atoms with E-state index in [1.54, 1.807) is 30.3 Å². The van der Waals surface area contributed by atoms with Crippen LogP contribution in [0.2, 0.25) is 5.02 Å². The van der Waals surface area contributed by atoms with Crippen LogP contribution in [0.4, 0.5) is 0 Å². The summed E-state index contributed by atoms with van der Waals surface area (Å²) in [6.45, 7) is 0. The Labute approximate surface area is 164 Å². The maximum Gasteiger partial charge on any atom is 0.343 e. The highest BCUT2D eigenvalue weighted by molar-refractivity contribution is 9.08. The molecule has 0 fully saturated rings. The molecule has 0 aliphatic heterocycles. The van der Waals surface area contributed by atoms with Crippen LogP contribution in [0.5, 0.6) is 11.6 Å². The molecule has 3 rings (SSSR count). The van der Waals surface area contributed by atoms with Crippen molar-refractivity contribution in [3.63, 3.8) is 0 Å². The molecule has 0 amide bonds. The zero-order valence-electron chi connectivity index (χ0n) is 13.9. The number of rotatable bonds is 5. The Morgan fingerprint density at radius 2 is 1.88 bits per heavy atom. The van der Waals surface area contributed by atoms with Gasteiger partial charge in [-0.15, -0.1) is 0 Å². The van der Waals surface area contributed by atoms with E-state index in [2.05, 4.69) is 20.9 Å². The first-order valence-corrected chi connectivity index (χ1v) is 9.27. The number of aromatic nitrogens is 1. The molecule has 2 aromatic carbocycles. The summed E-state index contributed by atoms with van der Waals surface area (Å²) in [4.78, 5) is 16.4. The van der Waals surface area contributed by atoms with Gasteiger partial charge in [0, 0.05) is 22.0 Å². The number of benzene rings is 2. The molecule has 1 aromatic heterocycles. The summed E-state index contributed by atoms with van der Waals surface area (Å²) >= 11 is 9.74. The van der Waals surface area contributed by atoms with Gasteiger partial charge in [0.2, 0.25) is 5.88 Å². The normalized spacial score (nSPS) is 10.4. The van der Waals surface area contributed by atoms with E-state index in [9.17, 15) is 4.79 Å². The van der Waals surface area contributed by atoms with Crippen molar-refractivity contribution < 1.29 is 14.3 Å². The Hall–Kier alpha value is -2.37. The lowest BCUT2D eigenvalue weighted by Gasteiger charge is -2.09. The number of esters is 1. The van der Waals surface area contributed by atoms with Gasteiger partial charge in [-0.2, -0.15) is 0 Å². The number of methoxy groups -OCH3 is 1. The highest BCUT2D eigenvalue weighted by Crippen LogP contribution is 2.30. The molecule has 132 valence electrons. The van der Waals surface area contributed by atoms with Crippen molar-refractivity contribution in [2.75, 3.05) is 7.11 Å². The molecule has 0 saturated heterocycles. The molecule has 26 heavy (non-hydrogen) atoms. The summed E-state index contributed by atoms with van der Waals surface area (Å²) in [6.07, 6.45) is 1.44. The van der Waals surface area contributed by atoms with Gasteiger partial charge in [0.15, 0.2) is 0 Å². The van der Waals surface area contributed by atoms with Gasteiger partial charge in [0.1, 0.15) is 5.75 Å². The first kappa shape index (κ1) is 18.4. The van der Waals surface area contributed by atoms with Crippen molar-refractivity contribution >= 4 is 33.5 Å². The van der Waals surface area contributed by atoms with Crippen molar-refractivity contribution in [3.05, 3.63) is 76.9 Å². The predicted molar refractivity (Wildman–Crippen MR) is 105 cm³/mol. The van der Waals surface area contributed by atoms with Crippen molar-refractivity contribution in [1.29, 1.82) is 0 Å². The van der Waals surface area contributed by atoms with E-state index in [-0.39, 0.29) is 0 Å². The minimum absolute atomic E-state index is 0.342. The predicted octanol–water partition coefficient (Wildman–Crippen LogP) is 5.52. The minimum atomic E-state index is -0.480. The first-order chi connectivity index (χ1) is 12.6. The molecule has 0 N–H and O–H groups in total. The molecular weight excluding hydrogens is 418 g/mol. The van der Waals surface area contributed by atoms with Crippen LogP contribution in [0.15, 0.2) is 60.8 Å². The highest BCUT2D eigenvalue weighted by atomic mass is 79.9. The number of halogens is 2. The Kier molecular flexibility index (Phi) is 5.91. The summed E-state index contributed by atoms with van der Waals surface area (Å²) < 4.78 is 10.3. The number of carbonyl (C=O) groups excluding carboxylic acids is 1. The van der Waals surface area contributed by atoms with E-state index in [4.69, 9.17) is 21.1 Å². The SMILES string of the molecule is COc1ccc(OC(=O)c2ccc(Cl)c(-c3ccc(CBr)cc3)c2)cn1. The van der Waals surface area contributed by atoms with Crippen LogP contribution >= 0.6 is 27.5 Å². The average molecular weight is 433 g/mol. The standard InChI is InChI=1S/C20H15BrClNO3/c1-25-19-9-7-16(12-23-19)26-20(24)15-6-8-18(22)17(10-15)14-4-2-13(11-21)3-5-14/h2-10,12H,11H2,1H3. The summed E-state index contributed by atoms with van der Waals surface area (Å²) in [5, 5.41) is 1.35. The maximum absolute atomic E-state index is 12.4. The number of hydrogen-bond donors (Lipinski definition) is 0. The van der Waals surface area contributed by atoms with Crippen molar-refractivity contribution in [3.8, 4) is 22.8 Å². The topological polar surface area (TPSA) is 48.4 Å². The molecule has 0 aliphatic rings. The number of pyridine rings is 1. The molecule has 3 aromatic rings. The zero-order chi connectivity index (χ0) is 18.5. The molecule has 0 saturated carbocycles. The van der Waals surface area contributed by atoms with Crippen LogP contribution in [-0.4, -0.2) is 18.1 Å².